The number of nitrogens with one attached hydrogen (secondary N) is 2. The molecule has 1 fully saturated rings. The summed E-state index contributed by atoms with van der Waals surface area (Å²) < 4.78 is 0. The number of amides is 2. The summed E-state index contributed by atoms with van der Waals surface area (Å²) >= 11 is 0. The molecule has 0 saturated heterocycles. The van der Waals surface area contributed by atoms with E-state index < -0.39 is 11.5 Å². The highest BCUT2D eigenvalue weighted by atomic mass is 16.4. The van der Waals surface area contributed by atoms with Crippen LogP contribution < -0.4 is 10.6 Å². The molecule has 0 aromatic heterocycles. The first-order chi connectivity index (χ1) is 11.6. The van der Waals surface area contributed by atoms with Crippen LogP contribution in [-0.2, 0) is 15.0 Å². The minimum absolute atomic E-state index is 0.0100. The second-order valence-electron chi connectivity index (χ2n) is 7.76. The van der Waals surface area contributed by atoms with Gasteiger partial charge in [0.15, 0.2) is 0 Å². The number of carboxylic acid groups (broad SMARTS) is 1. The molecule has 1 aliphatic rings. The lowest BCUT2D eigenvalue weighted by atomic mass is 9.74. The fourth-order valence-corrected chi connectivity index (χ4v) is 2.96. The number of aliphatic carboxylic acids is 1. The van der Waals surface area contributed by atoms with Gasteiger partial charge >= 0.3 is 5.97 Å². The van der Waals surface area contributed by atoms with E-state index in [4.69, 9.17) is 5.11 Å². The summed E-state index contributed by atoms with van der Waals surface area (Å²) in [4.78, 5) is 35.1. The van der Waals surface area contributed by atoms with Crippen LogP contribution in [0, 0.1) is 0 Å². The van der Waals surface area contributed by atoms with Crippen molar-refractivity contribution >= 4 is 17.8 Å². The Bertz CT molecular complexity index is 655. The molecule has 0 bridgehead atoms. The Balaban J connectivity index is 1.87. The van der Waals surface area contributed by atoms with Crippen molar-refractivity contribution in [2.75, 3.05) is 6.54 Å². The zero-order valence-corrected chi connectivity index (χ0v) is 15.0. The maximum atomic E-state index is 12.2. The SMILES string of the molecule is CC(C)(C)c1ccc(C(=O)NCC(=O)NC2(CC(=O)O)CCC2)cc1. The van der Waals surface area contributed by atoms with Crippen LogP contribution in [0.2, 0.25) is 0 Å². The van der Waals surface area contributed by atoms with Crippen LogP contribution in [0.25, 0.3) is 0 Å². The van der Waals surface area contributed by atoms with Gasteiger partial charge in [-0.1, -0.05) is 32.9 Å². The van der Waals surface area contributed by atoms with Crippen LogP contribution in [0.5, 0.6) is 0 Å². The van der Waals surface area contributed by atoms with Gasteiger partial charge in [0, 0.05) is 5.56 Å². The minimum atomic E-state index is -0.928. The average Bonchev–Trinajstić information content (AvgIpc) is 2.49. The lowest BCUT2D eigenvalue weighted by Crippen LogP contribution is -2.56. The number of rotatable bonds is 6. The summed E-state index contributed by atoms with van der Waals surface area (Å²) in [6.07, 6.45) is 2.14. The van der Waals surface area contributed by atoms with Crippen LogP contribution in [0.1, 0.15) is 62.4 Å². The van der Waals surface area contributed by atoms with Crippen molar-refractivity contribution < 1.29 is 19.5 Å². The summed E-state index contributed by atoms with van der Waals surface area (Å²) in [6, 6.07) is 7.30. The predicted molar refractivity (Wildman–Crippen MR) is 94.5 cm³/mol. The molecule has 1 aromatic carbocycles. The largest absolute Gasteiger partial charge is 0.481 e. The van der Waals surface area contributed by atoms with Crippen molar-refractivity contribution in [3.63, 3.8) is 0 Å². The van der Waals surface area contributed by atoms with Crippen LogP contribution in [0.3, 0.4) is 0 Å². The Hall–Kier alpha value is -2.37. The van der Waals surface area contributed by atoms with Crippen LogP contribution in [0.4, 0.5) is 0 Å². The summed E-state index contributed by atoms with van der Waals surface area (Å²) in [5.74, 6) is -1.61. The van der Waals surface area contributed by atoms with Gasteiger partial charge in [-0.15, -0.1) is 0 Å². The molecule has 136 valence electrons. The monoisotopic (exact) mass is 346 g/mol. The first-order valence-electron chi connectivity index (χ1n) is 8.53. The van der Waals surface area contributed by atoms with Gasteiger partial charge in [0.2, 0.25) is 5.91 Å². The topological polar surface area (TPSA) is 95.5 Å². The van der Waals surface area contributed by atoms with Gasteiger partial charge in [0.05, 0.1) is 18.5 Å². The Morgan fingerprint density at radius 2 is 1.72 bits per heavy atom. The van der Waals surface area contributed by atoms with Crippen molar-refractivity contribution in [1.29, 1.82) is 0 Å². The number of carbonyl (C=O) groups is 3. The quantitative estimate of drug-likeness (QED) is 0.736. The fraction of sp³-hybridized carbons (Fsp3) is 0.526. The third kappa shape index (κ3) is 5.05. The molecule has 0 radical (unpaired) electrons. The molecule has 0 aliphatic heterocycles. The Kier molecular flexibility index (Phi) is 5.50. The van der Waals surface area contributed by atoms with Gasteiger partial charge in [0.25, 0.3) is 5.91 Å². The number of hydrogen-bond acceptors (Lipinski definition) is 3. The van der Waals surface area contributed by atoms with Gasteiger partial charge in [-0.2, -0.15) is 0 Å². The van der Waals surface area contributed by atoms with Gasteiger partial charge in [-0.3, -0.25) is 14.4 Å². The highest BCUT2D eigenvalue weighted by Gasteiger charge is 2.40. The summed E-state index contributed by atoms with van der Waals surface area (Å²) in [5.41, 5.74) is 0.977. The predicted octanol–water partition coefficient (Wildman–Crippen LogP) is 2.23. The van der Waals surface area contributed by atoms with Gasteiger partial charge in [-0.05, 0) is 42.4 Å². The molecule has 0 atom stereocenters. The molecule has 6 nitrogen and oxygen atoms in total. The third-order valence-electron chi connectivity index (χ3n) is 4.63. The zero-order valence-electron chi connectivity index (χ0n) is 15.0. The minimum Gasteiger partial charge on any atom is -0.481 e. The number of carboxylic acids is 1. The van der Waals surface area contributed by atoms with Crippen molar-refractivity contribution in [3.8, 4) is 0 Å². The molecule has 25 heavy (non-hydrogen) atoms. The molecule has 1 aromatic rings. The van der Waals surface area contributed by atoms with Crippen LogP contribution in [0.15, 0.2) is 24.3 Å². The van der Waals surface area contributed by atoms with E-state index in [9.17, 15) is 14.4 Å². The fourth-order valence-electron chi connectivity index (χ4n) is 2.96. The van der Waals surface area contributed by atoms with Crippen molar-refractivity contribution in [2.45, 2.75) is 57.4 Å². The summed E-state index contributed by atoms with van der Waals surface area (Å²) in [6.45, 7) is 6.13. The molecule has 0 heterocycles. The molecule has 1 aliphatic carbocycles. The van der Waals surface area contributed by atoms with E-state index in [0.29, 0.717) is 18.4 Å². The summed E-state index contributed by atoms with van der Waals surface area (Å²) in [5, 5.41) is 14.3. The van der Waals surface area contributed by atoms with E-state index in [1.807, 2.05) is 12.1 Å². The lowest BCUT2D eigenvalue weighted by Gasteiger charge is -2.41. The molecule has 0 spiro atoms. The van der Waals surface area contributed by atoms with Crippen LogP contribution in [-0.4, -0.2) is 35.0 Å². The standard InChI is InChI=1S/C19H26N2O4/c1-18(2,3)14-7-5-13(6-8-14)17(25)20-12-15(22)21-19(9-4-10-19)11-16(23)24/h5-8H,4,9-12H2,1-3H3,(H,20,25)(H,21,22)(H,23,24). The second-order valence-corrected chi connectivity index (χ2v) is 7.76. The van der Waals surface area contributed by atoms with Crippen LogP contribution >= 0.6 is 0 Å². The molecular formula is C19H26N2O4. The average molecular weight is 346 g/mol. The molecule has 2 amide bonds. The second kappa shape index (κ2) is 7.25. The van der Waals surface area contributed by atoms with Gasteiger partial charge < -0.3 is 15.7 Å². The Morgan fingerprint density at radius 1 is 1.12 bits per heavy atom. The van der Waals surface area contributed by atoms with E-state index in [1.165, 1.54) is 0 Å². The number of hydrogen-bond donors (Lipinski definition) is 3. The van der Waals surface area contributed by atoms with Crippen molar-refractivity contribution in [3.05, 3.63) is 35.4 Å². The van der Waals surface area contributed by atoms with Gasteiger partial charge in [0.1, 0.15) is 0 Å². The molecule has 3 N–H and O–H groups in total. The van der Waals surface area contributed by atoms with Gasteiger partial charge in [-0.25, -0.2) is 0 Å². The third-order valence-corrected chi connectivity index (χ3v) is 4.63. The van der Waals surface area contributed by atoms with Crippen molar-refractivity contribution in [2.24, 2.45) is 0 Å². The van der Waals surface area contributed by atoms with Crippen molar-refractivity contribution in [1.82, 2.24) is 10.6 Å². The smallest absolute Gasteiger partial charge is 0.305 e. The maximum Gasteiger partial charge on any atom is 0.305 e. The highest BCUT2D eigenvalue weighted by molar-refractivity contribution is 5.96. The zero-order chi connectivity index (χ0) is 18.7. The number of benzene rings is 1. The first kappa shape index (κ1) is 19.0. The van der Waals surface area contributed by atoms with E-state index in [0.717, 1.165) is 12.0 Å². The maximum absolute atomic E-state index is 12.2. The molecular weight excluding hydrogens is 320 g/mol. The number of carbonyl (C=O) groups excluding carboxylic acids is 2. The molecule has 6 heteroatoms. The Morgan fingerprint density at radius 3 is 2.16 bits per heavy atom. The lowest BCUT2D eigenvalue weighted by molar-refractivity contribution is -0.140. The highest BCUT2D eigenvalue weighted by Crippen LogP contribution is 2.34. The summed E-state index contributed by atoms with van der Waals surface area (Å²) in [7, 11) is 0. The normalized spacial score (nSPS) is 15.8. The van der Waals surface area contributed by atoms with E-state index in [-0.39, 0.29) is 30.2 Å². The molecule has 0 unspecified atom stereocenters. The molecule has 2 rings (SSSR count). The van der Waals surface area contributed by atoms with E-state index >= 15 is 0 Å². The van der Waals surface area contributed by atoms with E-state index in [1.54, 1.807) is 12.1 Å². The Labute approximate surface area is 148 Å². The molecule has 1 saturated carbocycles. The van der Waals surface area contributed by atoms with E-state index in [2.05, 4.69) is 31.4 Å². The first-order valence-corrected chi connectivity index (χ1v) is 8.53.